The number of nitrogens with one attached hydrogen (secondary N) is 1. The Morgan fingerprint density at radius 3 is 2.59 bits per heavy atom. The minimum absolute atomic E-state index is 0.163. The Labute approximate surface area is 96.2 Å². The number of carboxylic acids is 1. The average Bonchev–Trinajstić information content (AvgIpc) is 2.14. The number of aliphatic carboxylic acids is 1. The molecule has 0 radical (unpaired) electrons. The Balaban J connectivity index is 2.14. The van der Waals surface area contributed by atoms with Gasteiger partial charge in [-0.05, 0) is 18.2 Å². The number of hydrogen-bond acceptors (Lipinski definition) is 3. The van der Waals surface area contributed by atoms with Crippen LogP contribution in [0.2, 0.25) is 0 Å². The maximum absolute atomic E-state index is 12.9. The maximum Gasteiger partial charge on any atom is 0.324 e. The van der Waals surface area contributed by atoms with E-state index in [2.05, 4.69) is 5.32 Å². The van der Waals surface area contributed by atoms with E-state index < -0.39 is 23.1 Å². The van der Waals surface area contributed by atoms with Crippen LogP contribution >= 0.6 is 0 Å². The molecule has 2 N–H and O–H groups in total. The van der Waals surface area contributed by atoms with Gasteiger partial charge in [0.15, 0.2) is 5.41 Å². The van der Waals surface area contributed by atoms with Gasteiger partial charge in [0.1, 0.15) is 5.82 Å². The number of ether oxygens (including phenoxy) is 1. The second kappa shape index (κ2) is 4.14. The number of rotatable bonds is 3. The van der Waals surface area contributed by atoms with Crippen molar-refractivity contribution in [3.8, 4) is 0 Å². The lowest BCUT2D eigenvalue weighted by Gasteiger charge is -2.35. The van der Waals surface area contributed by atoms with E-state index in [0.29, 0.717) is 0 Å². The van der Waals surface area contributed by atoms with Crippen LogP contribution in [0.25, 0.3) is 0 Å². The molecule has 17 heavy (non-hydrogen) atoms. The van der Waals surface area contributed by atoms with Gasteiger partial charge in [-0.25, -0.2) is 4.39 Å². The summed E-state index contributed by atoms with van der Waals surface area (Å²) in [6.07, 6.45) is 0. The molecular formula is C11H10FNO4. The zero-order valence-corrected chi connectivity index (χ0v) is 8.77. The molecule has 0 aliphatic carbocycles. The molecule has 0 atom stereocenters. The van der Waals surface area contributed by atoms with Crippen LogP contribution < -0.4 is 5.32 Å². The van der Waals surface area contributed by atoms with Crippen LogP contribution in [0.5, 0.6) is 0 Å². The van der Waals surface area contributed by atoms with Gasteiger partial charge >= 0.3 is 5.97 Å². The van der Waals surface area contributed by atoms with Crippen molar-refractivity contribution >= 4 is 17.6 Å². The first kappa shape index (κ1) is 11.5. The van der Waals surface area contributed by atoms with E-state index in [-0.39, 0.29) is 18.9 Å². The molecule has 2 rings (SSSR count). The van der Waals surface area contributed by atoms with E-state index >= 15 is 0 Å². The lowest BCUT2D eigenvalue weighted by molar-refractivity contribution is -0.182. The second-order valence-electron chi connectivity index (χ2n) is 3.84. The Morgan fingerprint density at radius 1 is 1.41 bits per heavy atom. The zero-order chi connectivity index (χ0) is 12.5. The maximum atomic E-state index is 12.9. The van der Waals surface area contributed by atoms with Crippen molar-refractivity contribution in [2.75, 3.05) is 18.5 Å². The summed E-state index contributed by atoms with van der Waals surface area (Å²) in [6.45, 7) is -0.326. The third kappa shape index (κ3) is 1.99. The van der Waals surface area contributed by atoms with Gasteiger partial charge in [-0.3, -0.25) is 9.59 Å². The van der Waals surface area contributed by atoms with Crippen LogP contribution in [0.4, 0.5) is 10.1 Å². The van der Waals surface area contributed by atoms with Gasteiger partial charge in [0.25, 0.3) is 0 Å². The number of benzene rings is 1. The van der Waals surface area contributed by atoms with E-state index in [9.17, 15) is 14.0 Å². The van der Waals surface area contributed by atoms with Crippen molar-refractivity contribution in [2.24, 2.45) is 5.41 Å². The first-order chi connectivity index (χ1) is 8.04. The third-order valence-corrected chi connectivity index (χ3v) is 2.62. The average molecular weight is 239 g/mol. The fourth-order valence-electron chi connectivity index (χ4n) is 1.47. The summed E-state index contributed by atoms with van der Waals surface area (Å²) in [5.74, 6) is -2.43. The molecular weight excluding hydrogens is 229 g/mol. The highest BCUT2D eigenvalue weighted by molar-refractivity contribution is 6.09. The van der Waals surface area contributed by atoms with Gasteiger partial charge < -0.3 is 15.2 Å². The predicted molar refractivity (Wildman–Crippen MR) is 55.9 cm³/mol. The lowest BCUT2D eigenvalue weighted by atomic mass is 9.85. The molecule has 1 aliphatic rings. The van der Waals surface area contributed by atoms with Crippen molar-refractivity contribution in [3.05, 3.63) is 30.1 Å². The second-order valence-corrected chi connectivity index (χ2v) is 3.84. The lowest BCUT2D eigenvalue weighted by Crippen LogP contribution is -2.57. The van der Waals surface area contributed by atoms with Gasteiger partial charge in [-0.15, -0.1) is 0 Å². The number of amides is 1. The van der Waals surface area contributed by atoms with E-state index in [4.69, 9.17) is 9.84 Å². The highest BCUT2D eigenvalue weighted by Gasteiger charge is 2.53. The number of hydrogen-bond donors (Lipinski definition) is 2. The van der Waals surface area contributed by atoms with Crippen LogP contribution in [0.1, 0.15) is 0 Å². The van der Waals surface area contributed by atoms with E-state index in [0.717, 1.165) is 6.07 Å². The summed E-state index contributed by atoms with van der Waals surface area (Å²) >= 11 is 0. The van der Waals surface area contributed by atoms with Crippen LogP contribution in [-0.2, 0) is 14.3 Å². The highest BCUT2D eigenvalue weighted by atomic mass is 19.1. The topological polar surface area (TPSA) is 75.6 Å². The summed E-state index contributed by atoms with van der Waals surface area (Å²) in [6, 6.07) is 5.26. The molecule has 1 aromatic rings. The summed E-state index contributed by atoms with van der Waals surface area (Å²) in [5.41, 5.74) is -1.32. The normalized spacial score (nSPS) is 17.0. The number of halogens is 1. The van der Waals surface area contributed by atoms with Crippen LogP contribution in [0.15, 0.2) is 24.3 Å². The van der Waals surface area contributed by atoms with Gasteiger partial charge in [-0.2, -0.15) is 0 Å². The first-order valence-corrected chi connectivity index (χ1v) is 4.93. The fourth-order valence-corrected chi connectivity index (χ4v) is 1.47. The minimum Gasteiger partial charge on any atom is -0.480 e. The minimum atomic E-state index is -1.55. The first-order valence-electron chi connectivity index (χ1n) is 4.93. The molecule has 0 aromatic heterocycles. The molecule has 0 saturated carbocycles. The molecule has 0 unspecified atom stereocenters. The highest BCUT2D eigenvalue weighted by Crippen LogP contribution is 2.29. The van der Waals surface area contributed by atoms with E-state index in [1.54, 1.807) is 0 Å². The molecule has 90 valence electrons. The SMILES string of the molecule is O=C(O)C1(C(=O)Nc2cccc(F)c2)COC1. The van der Waals surface area contributed by atoms with Crippen molar-refractivity contribution < 1.29 is 23.8 Å². The summed E-state index contributed by atoms with van der Waals surface area (Å²) < 4.78 is 17.6. The Morgan fingerprint density at radius 2 is 2.12 bits per heavy atom. The van der Waals surface area contributed by atoms with Crippen molar-refractivity contribution in [3.63, 3.8) is 0 Å². The predicted octanol–water partition coefficient (Wildman–Crippen LogP) is 0.865. The van der Waals surface area contributed by atoms with Crippen LogP contribution in [0, 0.1) is 11.2 Å². The van der Waals surface area contributed by atoms with Crippen molar-refractivity contribution in [1.82, 2.24) is 0 Å². The summed E-state index contributed by atoms with van der Waals surface area (Å²) in [7, 11) is 0. The Hall–Kier alpha value is -1.95. The third-order valence-electron chi connectivity index (χ3n) is 2.62. The van der Waals surface area contributed by atoms with Crippen molar-refractivity contribution in [1.29, 1.82) is 0 Å². The van der Waals surface area contributed by atoms with Crippen molar-refractivity contribution in [2.45, 2.75) is 0 Å². The number of carbonyl (C=O) groups excluding carboxylic acids is 1. The fraction of sp³-hybridized carbons (Fsp3) is 0.273. The molecule has 1 aliphatic heterocycles. The molecule has 1 aromatic carbocycles. The molecule has 5 nitrogen and oxygen atoms in total. The smallest absolute Gasteiger partial charge is 0.324 e. The van der Waals surface area contributed by atoms with E-state index in [1.807, 2.05) is 0 Å². The number of carboxylic acid groups (broad SMARTS) is 1. The molecule has 1 heterocycles. The monoisotopic (exact) mass is 239 g/mol. The summed E-state index contributed by atoms with van der Waals surface area (Å²) in [4.78, 5) is 22.8. The molecule has 6 heteroatoms. The van der Waals surface area contributed by atoms with Gasteiger partial charge in [0.2, 0.25) is 5.91 Å². The van der Waals surface area contributed by atoms with Crippen LogP contribution in [-0.4, -0.2) is 30.2 Å². The number of carbonyl (C=O) groups is 2. The number of anilines is 1. The van der Waals surface area contributed by atoms with Crippen LogP contribution in [0.3, 0.4) is 0 Å². The zero-order valence-electron chi connectivity index (χ0n) is 8.77. The Bertz CT molecular complexity index is 470. The Kier molecular flexibility index (Phi) is 2.81. The standard InChI is InChI=1S/C11H10FNO4/c12-7-2-1-3-8(4-7)13-9(14)11(10(15)16)5-17-6-11/h1-4H,5-6H2,(H,13,14)(H,15,16). The quantitative estimate of drug-likeness (QED) is 0.767. The molecule has 0 spiro atoms. The summed E-state index contributed by atoms with van der Waals surface area (Å²) in [5, 5.41) is 11.3. The van der Waals surface area contributed by atoms with Gasteiger partial charge in [-0.1, -0.05) is 6.07 Å². The van der Waals surface area contributed by atoms with Gasteiger partial charge in [0, 0.05) is 5.69 Å². The molecule has 0 bridgehead atoms. The van der Waals surface area contributed by atoms with Gasteiger partial charge in [0.05, 0.1) is 13.2 Å². The largest absolute Gasteiger partial charge is 0.480 e. The molecule has 1 amide bonds. The molecule has 1 fully saturated rings. The molecule has 1 saturated heterocycles. The van der Waals surface area contributed by atoms with E-state index in [1.165, 1.54) is 18.2 Å².